The average molecular weight is 344 g/mol. The number of carbonyl (C=O) groups excluding carboxylic acids is 1. The zero-order chi connectivity index (χ0) is 17.2. The van der Waals surface area contributed by atoms with Gasteiger partial charge < -0.3 is 19.7 Å². The topological polar surface area (TPSA) is 50.8 Å². The minimum Gasteiger partial charge on any atom is -0.496 e. The van der Waals surface area contributed by atoms with Gasteiger partial charge in [-0.25, -0.2) is 4.79 Å². The van der Waals surface area contributed by atoms with Crippen LogP contribution >= 0.6 is 0 Å². The highest BCUT2D eigenvalue weighted by Crippen LogP contribution is 2.37. The standard InChI is InChI=1S/C20H28N2O3/c1-24-19-5-2-4-15-16(19)7-8-17(15)21-20(23)22-11-9-14(10-12-22)18-6-3-13-25-18/h2,4-5,14,17-18H,3,6-13H2,1H3,(H,21,23)/t17-,18+/m1/s1. The fourth-order valence-electron chi connectivity index (χ4n) is 4.65. The molecule has 1 N–H and O–H groups in total. The molecule has 3 aliphatic rings. The Morgan fingerprint density at radius 2 is 2.08 bits per heavy atom. The summed E-state index contributed by atoms with van der Waals surface area (Å²) in [6.45, 7) is 2.60. The third-order valence-corrected chi connectivity index (χ3v) is 6.06. The van der Waals surface area contributed by atoms with E-state index in [9.17, 15) is 4.79 Å². The van der Waals surface area contributed by atoms with Crippen LogP contribution in [0.4, 0.5) is 4.79 Å². The van der Waals surface area contributed by atoms with Crippen LogP contribution in [0.3, 0.4) is 0 Å². The SMILES string of the molecule is COc1cccc2c1CC[C@H]2NC(=O)N1CCC([C@@H]2CCCO2)CC1. The van der Waals surface area contributed by atoms with E-state index in [1.165, 1.54) is 24.0 Å². The maximum Gasteiger partial charge on any atom is 0.317 e. The number of nitrogens with one attached hydrogen (secondary N) is 1. The Hall–Kier alpha value is -1.75. The summed E-state index contributed by atoms with van der Waals surface area (Å²) in [5.74, 6) is 1.56. The molecule has 136 valence electrons. The smallest absolute Gasteiger partial charge is 0.317 e. The molecule has 1 aromatic rings. The van der Waals surface area contributed by atoms with E-state index >= 15 is 0 Å². The number of amides is 2. The number of ether oxygens (including phenoxy) is 2. The minimum absolute atomic E-state index is 0.0754. The van der Waals surface area contributed by atoms with Crippen molar-refractivity contribution in [2.45, 2.75) is 50.7 Å². The van der Waals surface area contributed by atoms with E-state index in [4.69, 9.17) is 9.47 Å². The van der Waals surface area contributed by atoms with Gasteiger partial charge in [0.05, 0.1) is 19.3 Å². The highest BCUT2D eigenvalue weighted by molar-refractivity contribution is 5.75. The van der Waals surface area contributed by atoms with Crippen LogP contribution in [0.15, 0.2) is 18.2 Å². The summed E-state index contributed by atoms with van der Waals surface area (Å²) >= 11 is 0. The lowest BCUT2D eigenvalue weighted by molar-refractivity contribution is 0.0370. The molecule has 5 nitrogen and oxygen atoms in total. The lowest BCUT2D eigenvalue weighted by atomic mass is 9.90. The van der Waals surface area contributed by atoms with Crippen molar-refractivity contribution in [3.63, 3.8) is 0 Å². The number of nitrogens with zero attached hydrogens (tertiary/aromatic N) is 1. The second kappa shape index (κ2) is 7.24. The van der Waals surface area contributed by atoms with Crippen molar-refractivity contribution in [3.8, 4) is 5.75 Å². The number of urea groups is 1. The number of likely N-dealkylation sites (tertiary alicyclic amines) is 1. The molecule has 0 bridgehead atoms. The number of hydrogen-bond acceptors (Lipinski definition) is 3. The van der Waals surface area contributed by atoms with Gasteiger partial charge in [0.2, 0.25) is 0 Å². The number of rotatable bonds is 3. The van der Waals surface area contributed by atoms with Gasteiger partial charge in [-0.2, -0.15) is 0 Å². The van der Waals surface area contributed by atoms with Gasteiger partial charge in [-0.1, -0.05) is 12.1 Å². The van der Waals surface area contributed by atoms with Gasteiger partial charge in [0.25, 0.3) is 0 Å². The summed E-state index contributed by atoms with van der Waals surface area (Å²) in [6, 6.07) is 6.30. The molecule has 1 aliphatic carbocycles. The van der Waals surface area contributed by atoms with Crippen molar-refractivity contribution < 1.29 is 14.3 Å². The molecule has 2 saturated heterocycles. The fourth-order valence-corrected chi connectivity index (χ4v) is 4.65. The zero-order valence-corrected chi connectivity index (χ0v) is 15.0. The van der Waals surface area contributed by atoms with Crippen LogP contribution in [-0.4, -0.2) is 43.8 Å². The van der Waals surface area contributed by atoms with Crippen LogP contribution in [0.25, 0.3) is 0 Å². The van der Waals surface area contributed by atoms with Gasteiger partial charge in [0, 0.05) is 19.7 Å². The first-order valence-corrected chi connectivity index (χ1v) is 9.59. The quantitative estimate of drug-likeness (QED) is 0.915. The van der Waals surface area contributed by atoms with Gasteiger partial charge >= 0.3 is 6.03 Å². The number of fused-ring (bicyclic) bond motifs is 1. The first-order valence-electron chi connectivity index (χ1n) is 9.59. The molecule has 0 unspecified atom stereocenters. The zero-order valence-electron chi connectivity index (χ0n) is 15.0. The van der Waals surface area contributed by atoms with Gasteiger partial charge in [0.1, 0.15) is 5.75 Å². The molecule has 0 saturated carbocycles. The Labute approximate surface area is 149 Å². The molecule has 1 aromatic carbocycles. The molecular formula is C20H28N2O3. The van der Waals surface area contributed by atoms with Crippen molar-refractivity contribution in [3.05, 3.63) is 29.3 Å². The number of piperidine rings is 1. The summed E-state index contributed by atoms with van der Waals surface area (Å²) in [7, 11) is 1.71. The summed E-state index contributed by atoms with van der Waals surface area (Å²) in [6.07, 6.45) is 6.85. The van der Waals surface area contributed by atoms with Crippen LogP contribution in [0, 0.1) is 5.92 Å². The van der Waals surface area contributed by atoms with E-state index in [1.807, 2.05) is 17.0 Å². The second-order valence-electron chi connectivity index (χ2n) is 7.44. The Morgan fingerprint density at radius 3 is 2.80 bits per heavy atom. The van der Waals surface area contributed by atoms with Gasteiger partial charge in [0.15, 0.2) is 0 Å². The van der Waals surface area contributed by atoms with Crippen molar-refractivity contribution in [2.24, 2.45) is 5.92 Å². The normalized spacial score (nSPS) is 26.5. The van der Waals surface area contributed by atoms with E-state index in [2.05, 4.69) is 11.4 Å². The third kappa shape index (κ3) is 3.34. The van der Waals surface area contributed by atoms with Crippen LogP contribution < -0.4 is 10.1 Å². The Bertz CT molecular complexity index is 619. The second-order valence-corrected chi connectivity index (χ2v) is 7.44. The van der Waals surface area contributed by atoms with E-state index in [1.54, 1.807) is 7.11 Å². The summed E-state index contributed by atoms with van der Waals surface area (Å²) in [5.41, 5.74) is 2.45. The maximum absolute atomic E-state index is 12.7. The molecule has 5 heteroatoms. The lowest BCUT2D eigenvalue weighted by Crippen LogP contribution is -2.46. The van der Waals surface area contributed by atoms with Crippen molar-refractivity contribution in [2.75, 3.05) is 26.8 Å². The number of benzene rings is 1. The summed E-state index contributed by atoms with van der Waals surface area (Å²) in [4.78, 5) is 14.7. The first kappa shape index (κ1) is 16.7. The molecule has 2 atom stereocenters. The third-order valence-electron chi connectivity index (χ3n) is 6.06. The predicted octanol–water partition coefficient (Wildman–Crippen LogP) is 3.28. The average Bonchev–Trinajstić information content (AvgIpc) is 3.32. The molecule has 0 spiro atoms. The van der Waals surface area contributed by atoms with Crippen LogP contribution in [-0.2, 0) is 11.2 Å². The molecule has 0 radical (unpaired) electrons. The largest absolute Gasteiger partial charge is 0.496 e. The Balaban J connectivity index is 1.33. The molecule has 2 amide bonds. The van der Waals surface area contributed by atoms with E-state index in [0.29, 0.717) is 12.0 Å². The minimum atomic E-state index is 0.0754. The van der Waals surface area contributed by atoms with Crippen LogP contribution in [0.5, 0.6) is 5.75 Å². The summed E-state index contributed by atoms with van der Waals surface area (Å²) < 4.78 is 11.3. The molecule has 2 aliphatic heterocycles. The van der Waals surface area contributed by atoms with Gasteiger partial charge in [-0.05, 0) is 61.6 Å². The lowest BCUT2D eigenvalue weighted by Gasteiger charge is -2.35. The Morgan fingerprint density at radius 1 is 1.24 bits per heavy atom. The van der Waals surface area contributed by atoms with E-state index in [-0.39, 0.29) is 12.1 Å². The molecule has 2 fully saturated rings. The summed E-state index contributed by atoms with van der Waals surface area (Å²) in [5, 5.41) is 3.24. The highest BCUT2D eigenvalue weighted by Gasteiger charge is 2.32. The predicted molar refractivity (Wildman–Crippen MR) is 95.9 cm³/mol. The van der Waals surface area contributed by atoms with Crippen LogP contribution in [0.2, 0.25) is 0 Å². The van der Waals surface area contributed by atoms with Gasteiger partial charge in [-0.3, -0.25) is 0 Å². The molecule has 25 heavy (non-hydrogen) atoms. The van der Waals surface area contributed by atoms with Crippen molar-refractivity contribution >= 4 is 6.03 Å². The van der Waals surface area contributed by atoms with Crippen molar-refractivity contribution in [1.82, 2.24) is 10.2 Å². The molecule has 2 heterocycles. The number of hydrogen-bond donors (Lipinski definition) is 1. The monoisotopic (exact) mass is 344 g/mol. The molecular weight excluding hydrogens is 316 g/mol. The number of methoxy groups -OCH3 is 1. The Kier molecular flexibility index (Phi) is 4.84. The van der Waals surface area contributed by atoms with Crippen LogP contribution in [0.1, 0.15) is 49.3 Å². The fraction of sp³-hybridized carbons (Fsp3) is 0.650. The van der Waals surface area contributed by atoms with E-state index < -0.39 is 0 Å². The molecule has 0 aromatic heterocycles. The molecule has 4 rings (SSSR count). The first-order chi connectivity index (χ1) is 12.3. The number of carbonyl (C=O) groups is 1. The van der Waals surface area contributed by atoms with Gasteiger partial charge in [-0.15, -0.1) is 0 Å². The van der Waals surface area contributed by atoms with Crippen molar-refractivity contribution in [1.29, 1.82) is 0 Å². The highest BCUT2D eigenvalue weighted by atomic mass is 16.5. The van der Waals surface area contributed by atoms with E-state index in [0.717, 1.165) is 51.1 Å². The maximum atomic E-state index is 12.7.